The number of aromatic nitrogens is 10. The molecule has 8 heterocycles. The van der Waals surface area contributed by atoms with Crippen molar-refractivity contribution in [3.63, 3.8) is 0 Å². The molecular formula is C61H32N10Pt2. The molecule has 8 aromatic carbocycles. The largest absolute Gasteiger partial charge is 2.00 e. The zero-order valence-electron chi connectivity index (χ0n) is 38.1. The molecule has 12 heteroatoms. The summed E-state index contributed by atoms with van der Waals surface area (Å²) in [5, 5.41) is 19.9. The zero-order valence-corrected chi connectivity index (χ0v) is 42.6. The Kier molecular flexibility index (Phi) is 9.78. The molecule has 0 atom stereocenters. The number of hydrogen-bond acceptors (Lipinski definition) is 5. The summed E-state index contributed by atoms with van der Waals surface area (Å²) in [7, 11) is 0. The number of benzene rings is 8. The van der Waals surface area contributed by atoms with Gasteiger partial charge in [-0.3, -0.25) is 0 Å². The molecule has 0 amide bonds. The van der Waals surface area contributed by atoms with Gasteiger partial charge in [0.1, 0.15) is 11.6 Å². The minimum Gasteiger partial charge on any atom is -0.358 e. The minimum absolute atomic E-state index is 0. The van der Waals surface area contributed by atoms with E-state index in [-0.39, 0.29) is 42.1 Å². The fourth-order valence-electron chi connectivity index (χ4n) is 11.2. The van der Waals surface area contributed by atoms with Crippen molar-refractivity contribution >= 4 is 109 Å². The summed E-state index contributed by atoms with van der Waals surface area (Å²) in [5.74, 6) is 2.09. The molecule has 73 heavy (non-hydrogen) atoms. The van der Waals surface area contributed by atoms with Gasteiger partial charge in [-0.1, -0.05) is 129 Å². The van der Waals surface area contributed by atoms with E-state index in [0.717, 1.165) is 132 Å². The SMILES string of the molecule is [Pt+2].[Pt+2].[c-]1c(-n2c3[c-]c4c(cc3c3ccccc32)c2ccccc2n4-c2ccccn2)ccc2c3ccc(-n4c5[c-]c6c(cc5c5ccccc54)c4ccccc4n6-c4ccccn4)[c-]c3n(-c3nccnn3)c12. The second-order valence-corrected chi connectivity index (χ2v) is 17.9. The second-order valence-electron chi connectivity index (χ2n) is 17.9. The van der Waals surface area contributed by atoms with E-state index in [1.54, 1.807) is 12.4 Å². The molecule has 8 aromatic heterocycles. The number of para-hydroxylation sites is 4. The average Bonchev–Trinajstić information content (AvgIpc) is 4.22. The van der Waals surface area contributed by atoms with E-state index in [1.807, 2.05) is 53.4 Å². The Hall–Kier alpha value is -8.55. The molecular weight excluding hydrogens is 1260 g/mol. The normalized spacial score (nSPS) is 11.9. The number of rotatable bonds is 5. The third-order valence-corrected chi connectivity index (χ3v) is 14.2. The molecule has 10 nitrogen and oxygen atoms in total. The topological polar surface area (TPSA) is 89.1 Å². The summed E-state index contributed by atoms with van der Waals surface area (Å²) < 4.78 is 11.0. The Labute approximate surface area is 443 Å². The molecule has 0 unspecified atom stereocenters. The molecule has 346 valence electrons. The summed E-state index contributed by atoms with van der Waals surface area (Å²) >= 11 is 0. The Balaban J connectivity index is 0.00000247. The molecule has 0 saturated heterocycles. The van der Waals surface area contributed by atoms with Gasteiger partial charge in [0.2, 0.25) is 0 Å². The van der Waals surface area contributed by atoms with Gasteiger partial charge < -0.3 is 22.8 Å². The van der Waals surface area contributed by atoms with Crippen LogP contribution in [0.15, 0.2) is 195 Å². The predicted molar refractivity (Wildman–Crippen MR) is 282 cm³/mol. The van der Waals surface area contributed by atoms with Crippen LogP contribution in [0, 0.1) is 24.3 Å². The van der Waals surface area contributed by atoms with Crippen LogP contribution >= 0.6 is 0 Å². The Morgan fingerprint density at radius 3 is 1.07 bits per heavy atom. The first-order valence-corrected chi connectivity index (χ1v) is 23.4. The van der Waals surface area contributed by atoms with Crippen molar-refractivity contribution in [2.75, 3.05) is 0 Å². The van der Waals surface area contributed by atoms with Gasteiger partial charge >= 0.3 is 42.1 Å². The van der Waals surface area contributed by atoms with Gasteiger partial charge in [0.05, 0.1) is 12.4 Å². The summed E-state index contributed by atoms with van der Waals surface area (Å²) in [5.41, 5.74) is 11.3. The van der Waals surface area contributed by atoms with Crippen LogP contribution in [0.5, 0.6) is 0 Å². The van der Waals surface area contributed by atoms with Crippen molar-refractivity contribution < 1.29 is 42.1 Å². The van der Waals surface area contributed by atoms with Crippen molar-refractivity contribution in [2.24, 2.45) is 0 Å². The summed E-state index contributed by atoms with van der Waals surface area (Å²) in [4.78, 5) is 14.4. The molecule has 0 radical (unpaired) electrons. The van der Waals surface area contributed by atoms with Crippen LogP contribution in [0.3, 0.4) is 0 Å². The molecule has 0 N–H and O–H groups in total. The summed E-state index contributed by atoms with van der Waals surface area (Å²) in [6.45, 7) is 0. The van der Waals surface area contributed by atoms with Gasteiger partial charge in [-0.2, -0.15) is 40.1 Å². The summed E-state index contributed by atoms with van der Waals surface area (Å²) in [6.07, 6.45) is 6.95. The van der Waals surface area contributed by atoms with E-state index < -0.39 is 0 Å². The Morgan fingerprint density at radius 2 is 0.671 bits per heavy atom. The fraction of sp³-hybridized carbons (Fsp3) is 0. The third kappa shape index (κ3) is 6.14. The standard InChI is InChI=1S/C61H32N10.2Pt/c1-5-17-49-39(13-1)45-33-47-41-15-3-7-19-51(41)69(59-21-9-11-27-62-59)57(47)35-55(45)67(49)37-23-25-43-44-26-24-38(32-54(44)71(53(43)31-37)61-64-29-30-65-66-61)68-50-18-6-2-14-40(50)46-34-48-42-16-4-8-20-52(42)70(58(48)36-56(46)68)60-22-10-12-28-63-60;;/h1-30,33-34H;;/q-4;2*+2. The van der Waals surface area contributed by atoms with Crippen LogP contribution in [0.4, 0.5) is 0 Å². The van der Waals surface area contributed by atoms with Crippen LogP contribution in [0.1, 0.15) is 0 Å². The molecule has 0 aliphatic carbocycles. The molecule has 16 aromatic rings. The van der Waals surface area contributed by atoms with E-state index in [9.17, 15) is 0 Å². The first-order valence-electron chi connectivity index (χ1n) is 23.4. The van der Waals surface area contributed by atoms with E-state index in [0.29, 0.717) is 5.95 Å². The molecule has 0 aliphatic rings. The quantitative estimate of drug-likeness (QED) is 0.160. The molecule has 0 aliphatic heterocycles. The second kappa shape index (κ2) is 16.5. The molecule has 0 fully saturated rings. The van der Waals surface area contributed by atoms with Gasteiger partial charge in [0.15, 0.2) is 0 Å². The smallest absolute Gasteiger partial charge is 0.358 e. The zero-order chi connectivity index (χ0) is 46.3. The molecule has 0 bridgehead atoms. The fourth-order valence-corrected chi connectivity index (χ4v) is 11.2. The van der Waals surface area contributed by atoms with Gasteiger partial charge in [-0.15, -0.1) is 63.0 Å². The summed E-state index contributed by atoms with van der Waals surface area (Å²) in [6, 6.07) is 75.1. The first kappa shape index (κ1) is 43.3. The van der Waals surface area contributed by atoms with E-state index in [2.05, 4.69) is 186 Å². The maximum Gasteiger partial charge on any atom is 2.00 e. The molecule has 0 spiro atoms. The van der Waals surface area contributed by atoms with Crippen LogP contribution in [-0.4, -0.2) is 48.0 Å². The number of fused-ring (bicyclic) bond motifs is 15. The van der Waals surface area contributed by atoms with Crippen LogP contribution < -0.4 is 0 Å². The van der Waals surface area contributed by atoms with E-state index in [4.69, 9.17) is 15.0 Å². The predicted octanol–water partition coefficient (Wildman–Crippen LogP) is 13.3. The maximum absolute atomic E-state index is 4.81. The van der Waals surface area contributed by atoms with Crippen LogP contribution in [-0.2, 0) is 42.1 Å². The maximum atomic E-state index is 4.81. The van der Waals surface area contributed by atoms with Gasteiger partial charge in [-0.05, 0) is 70.1 Å². The molecule has 16 rings (SSSR count). The van der Waals surface area contributed by atoms with Gasteiger partial charge in [-0.25, -0.2) is 15.0 Å². The van der Waals surface area contributed by atoms with Crippen LogP contribution in [0.25, 0.3) is 138 Å². The van der Waals surface area contributed by atoms with E-state index >= 15 is 0 Å². The van der Waals surface area contributed by atoms with Gasteiger partial charge in [0.25, 0.3) is 5.95 Å². The Bertz CT molecular complexity index is 4590. The Morgan fingerprint density at radius 1 is 0.288 bits per heavy atom. The van der Waals surface area contributed by atoms with Gasteiger partial charge in [0, 0.05) is 34.5 Å². The first-order chi connectivity index (χ1) is 35.2. The number of nitrogens with zero attached hydrogens (tertiary/aromatic N) is 10. The van der Waals surface area contributed by atoms with Crippen molar-refractivity contribution in [1.29, 1.82) is 0 Å². The number of hydrogen-bond donors (Lipinski definition) is 0. The minimum atomic E-state index is 0. The molecule has 0 saturated carbocycles. The van der Waals surface area contributed by atoms with E-state index in [1.165, 1.54) is 0 Å². The number of pyridine rings is 2. The average molecular weight is 1300 g/mol. The van der Waals surface area contributed by atoms with Crippen LogP contribution in [0.2, 0.25) is 0 Å². The monoisotopic (exact) mass is 1290 g/mol. The van der Waals surface area contributed by atoms with Crippen molar-refractivity contribution in [3.8, 4) is 29.0 Å². The third-order valence-electron chi connectivity index (χ3n) is 14.2. The van der Waals surface area contributed by atoms with Crippen molar-refractivity contribution in [3.05, 3.63) is 219 Å². The van der Waals surface area contributed by atoms with Crippen molar-refractivity contribution in [1.82, 2.24) is 48.0 Å². The van der Waals surface area contributed by atoms with Crippen molar-refractivity contribution in [2.45, 2.75) is 0 Å².